The summed E-state index contributed by atoms with van der Waals surface area (Å²) in [7, 11) is 0. The average molecular weight is 410 g/mol. The lowest BCUT2D eigenvalue weighted by atomic mass is 9.93. The lowest BCUT2D eigenvalue weighted by Crippen LogP contribution is -2.39. The molecule has 3 N–H and O–H groups in total. The molecule has 0 amide bonds. The minimum atomic E-state index is 0. The summed E-state index contributed by atoms with van der Waals surface area (Å²) in [4.78, 5) is 6.95. The van der Waals surface area contributed by atoms with Gasteiger partial charge in [0.2, 0.25) is 0 Å². The van der Waals surface area contributed by atoms with Crippen molar-refractivity contribution >= 4 is 29.9 Å². The molecule has 2 rings (SSSR count). The van der Waals surface area contributed by atoms with Gasteiger partial charge in [-0.1, -0.05) is 13.8 Å². The van der Waals surface area contributed by atoms with Crippen LogP contribution in [0.3, 0.4) is 0 Å². The van der Waals surface area contributed by atoms with Crippen LogP contribution in [0.5, 0.6) is 0 Å². The summed E-state index contributed by atoms with van der Waals surface area (Å²) in [5.74, 6) is 1.32. The predicted molar refractivity (Wildman–Crippen MR) is 98.3 cm³/mol. The molecule has 21 heavy (non-hydrogen) atoms. The van der Waals surface area contributed by atoms with E-state index in [2.05, 4.69) is 29.1 Å². The molecular weight excluding hydrogens is 379 g/mol. The average Bonchev–Trinajstić information content (AvgIpc) is 3.24. The molecule has 1 saturated heterocycles. The molecule has 0 spiro atoms. The van der Waals surface area contributed by atoms with Crippen LogP contribution in [0, 0.1) is 11.3 Å². The maximum Gasteiger partial charge on any atom is 0.188 e. The zero-order valence-corrected chi connectivity index (χ0v) is 15.8. The van der Waals surface area contributed by atoms with Gasteiger partial charge in [0.1, 0.15) is 0 Å². The molecule has 0 aromatic heterocycles. The molecule has 0 unspecified atom stereocenters. The van der Waals surface area contributed by atoms with Crippen molar-refractivity contribution in [2.75, 3.05) is 45.9 Å². The zero-order chi connectivity index (χ0) is 14.4. The first-order chi connectivity index (χ1) is 9.62. The highest BCUT2D eigenvalue weighted by Crippen LogP contribution is 2.51. The van der Waals surface area contributed by atoms with Crippen molar-refractivity contribution < 1.29 is 4.74 Å². The van der Waals surface area contributed by atoms with Gasteiger partial charge in [-0.05, 0) is 37.1 Å². The highest BCUT2D eigenvalue weighted by molar-refractivity contribution is 14.0. The van der Waals surface area contributed by atoms with E-state index in [1.165, 1.54) is 12.8 Å². The van der Waals surface area contributed by atoms with Gasteiger partial charge in [0.05, 0.1) is 13.2 Å². The molecule has 5 nitrogen and oxygen atoms in total. The second-order valence-corrected chi connectivity index (χ2v) is 6.45. The molecule has 6 heteroatoms. The van der Waals surface area contributed by atoms with Crippen LogP contribution < -0.4 is 11.1 Å². The number of nitrogens with zero attached hydrogens (tertiary/aromatic N) is 2. The first-order valence-electron chi connectivity index (χ1n) is 7.96. The fourth-order valence-corrected chi connectivity index (χ4v) is 2.72. The molecule has 2 fully saturated rings. The summed E-state index contributed by atoms with van der Waals surface area (Å²) < 4.78 is 5.34. The molecule has 0 atom stereocenters. The van der Waals surface area contributed by atoms with Crippen molar-refractivity contribution in [1.29, 1.82) is 0 Å². The summed E-state index contributed by atoms with van der Waals surface area (Å²) in [5, 5.41) is 3.23. The van der Waals surface area contributed by atoms with Crippen LogP contribution in [0.25, 0.3) is 0 Å². The van der Waals surface area contributed by atoms with Crippen LogP contribution in [-0.2, 0) is 4.74 Å². The number of rotatable bonds is 7. The summed E-state index contributed by atoms with van der Waals surface area (Å²) >= 11 is 0. The second kappa shape index (κ2) is 9.15. The third kappa shape index (κ3) is 6.28. The Morgan fingerprint density at radius 2 is 2.00 bits per heavy atom. The van der Waals surface area contributed by atoms with Crippen molar-refractivity contribution in [3.05, 3.63) is 0 Å². The third-order valence-corrected chi connectivity index (χ3v) is 4.74. The van der Waals surface area contributed by atoms with E-state index in [1.807, 2.05) is 0 Å². The van der Waals surface area contributed by atoms with E-state index in [4.69, 9.17) is 10.5 Å². The second-order valence-electron chi connectivity index (χ2n) is 6.45. The lowest BCUT2D eigenvalue weighted by Gasteiger charge is -2.26. The summed E-state index contributed by atoms with van der Waals surface area (Å²) in [6, 6.07) is 0. The topological polar surface area (TPSA) is 62.9 Å². The summed E-state index contributed by atoms with van der Waals surface area (Å²) in [5.41, 5.74) is 6.38. The minimum absolute atomic E-state index is 0. The van der Waals surface area contributed by atoms with Crippen LogP contribution in [0.4, 0.5) is 0 Å². The molecule has 124 valence electrons. The number of halogens is 1. The molecular formula is C15H31IN4O. The first kappa shape index (κ1) is 19.0. The Bertz CT molecular complexity index is 326. The van der Waals surface area contributed by atoms with Crippen LogP contribution in [0.1, 0.15) is 33.1 Å². The van der Waals surface area contributed by atoms with Gasteiger partial charge in [-0.15, -0.1) is 24.0 Å². The minimum Gasteiger partial charge on any atom is -0.379 e. The van der Waals surface area contributed by atoms with E-state index in [0.29, 0.717) is 17.3 Å². The Morgan fingerprint density at radius 1 is 1.33 bits per heavy atom. The fraction of sp³-hybridized carbons (Fsp3) is 0.933. The fourth-order valence-electron chi connectivity index (χ4n) is 2.72. The van der Waals surface area contributed by atoms with Crippen molar-refractivity contribution in [3.63, 3.8) is 0 Å². The molecule has 0 bridgehead atoms. The van der Waals surface area contributed by atoms with Crippen LogP contribution >= 0.6 is 24.0 Å². The van der Waals surface area contributed by atoms with Crippen molar-refractivity contribution in [1.82, 2.24) is 10.2 Å². The van der Waals surface area contributed by atoms with Gasteiger partial charge in [0.15, 0.2) is 5.96 Å². The number of hydrogen-bond acceptors (Lipinski definition) is 3. The van der Waals surface area contributed by atoms with E-state index in [-0.39, 0.29) is 24.0 Å². The Balaban J connectivity index is 0.00000220. The Hall–Kier alpha value is -0.0800. The van der Waals surface area contributed by atoms with E-state index in [0.717, 1.165) is 52.4 Å². The van der Waals surface area contributed by atoms with Gasteiger partial charge in [0.25, 0.3) is 0 Å². The third-order valence-electron chi connectivity index (χ3n) is 4.74. The van der Waals surface area contributed by atoms with Crippen molar-refractivity contribution in [3.8, 4) is 0 Å². The molecule has 1 aliphatic carbocycles. The Morgan fingerprint density at radius 3 is 2.57 bits per heavy atom. The van der Waals surface area contributed by atoms with Crippen molar-refractivity contribution in [2.45, 2.75) is 33.1 Å². The predicted octanol–water partition coefficient (Wildman–Crippen LogP) is 1.67. The largest absolute Gasteiger partial charge is 0.379 e. The Labute approximate surface area is 146 Å². The van der Waals surface area contributed by atoms with E-state index < -0.39 is 0 Å². The first-order valence-corrected chi connectivity index (χ1v) is 7.96. The number of aliphatic imine (C=N–C) groups is 1. The van der Waals surface area contributed by atoms with Crippen LogP contribution in [0.2, 0.25) is 0 Å². The number of hydrogen-bond donors (Lipinski definition) is 2. The van der Waals surface area contributed by atoms with Gasteiger partial charge < -0.3 is 15.8 Å². The lowest BCUT2D eigenvalue weighted by molar-refractivity contribution is 0.0376. The standard InChI is InChI=1S/C15H30N4O.HI/c1-13(2)15(4-5-15)12-18-14(16)17-6-3-7-19-8-10-20-11-9-19;/h13H,3-12H2,1-2H3,(H3,16,17,18);1H. The maximum absolute atomic E-state index is 5.93. The van der Waals surface area contributed by atoms with Crippen LogP contribution in [-0.4, -0.2) is 56.8 Å². The van der Waals surface area contributed by atoms with Gasteiger partial charge >= 0.3 is 0 Å². The van der Waals surface area contributed by atoms with Gasteiger partial charge in [-0.2, -0.15) is 0 Å². The van der Waals surface area contributed by atoms with Gasteiger partial charge in [-0.25, -0.2) is 0 Å². The number of guanidine groups is 1. The molecule has 2 aliphatic rings. The van der Waals surface area contributed by atoms with Crippen LogP contribution in [0.15, 0.2) is 4.99 Å². The number of morpholine rings is 1. The molecule has 1 heterocycles. The molecule has 1 aliphatic heterocycles. The maximum atomic E-state index is 5.93. The van der Waals surface area contributed by atoms with E-state index in [9.17, 15) is 0 Å². The van der Waals surface area contributed by atoms with E-state index >= 15 is 0 Å². The summed E-state index contributed by atoms with van der Waals surface area (Å²) in [6.45, 7) is 11.3. The molecule has 0 aromatic rings. The summed E-state index contributed by atoms with van der Waals surface area (Å²) in [6.07, 6.45) is 3.71. The zero-order valence-electron chi connectivity index (χ0n) is 13.4. The normalized spacial score (nSPS) is 22.0. The quantitative estimate of drug-likeness (QED) is 0.290. The SMILES string of the molecule is CC(C)C1(CN=C(N)NCCCN2CCOCC2)CC1.I. The number of nitrogens with one attached hydrogen (secondary N) is 1. The Kier molecular flexibility index (Phi) is 8.26. The molecule has 0 aromatic carbocycles. The smallest absolute Gasteiger partial charge is 0.188 e. The van der Waals surface area contributed by atoms with Gasteiger partial charge in [-0.3, -0.25) is 9.89 Å². The number of ether oxygens (including phenoxy) is 1. The highest BCUT2D eigenvalue weighted by Gasteiger charge is 2.44. The van der Waals surface area contributed by atoms with E-state index in [1.54, 1.807) is 0 Å². The van der Waals surface area contributed by atoms with Gasteiger partial charge in [0, 0.05) is 26.2 Å². The van der Waals surface area contributed by atoms with Crippen molar-refractivity contribution in [2.24, 2.45) is 22.1 Å². The number of nitrogens with two attached hydrogens (primary N) is 1. The monoisotopic (exact) mass is 410 g/mol. The molecule has 0 radical (unpaired) electrons. The highest BCUT2D eigenvalue weighted by atomic mass is 127. The molecule has 1 saturated carbocycles.